The van der Waals surface area contributed by atoms with Crippen LogP contribution in [0, 0.1) is 0 Å². The number of aromatic hydroxyl groups is 1. The first-order chi connectivity index (χ1) is 17.4. The van der Waals surface area contributed by atoms with E-state index >= 15 is 0 Å². The molecule has 0 saturated carbocycles. The molecule has 0 amide bonds. The molecule has 0 bridgehead atoms. The number of H-pyrrole nitrogens is 1. The van der Waals surface area contributed by atoms with Crippen molar-refractivity contribution in [3.05, 3.63) is 95.2 Å². The van der Waals surface area contributed by atoms with Gasteiger partial charge in [0.25, 0.3) is 0 Å². The molecule has 0 radical (unpaired) electrons. The number of hydrogen-bond acceptors (Lipinski definition) is 6. The maximum atomic E-state index is 13.0. The quantitative estimate of drug-likeness (QED) is 0.203. The normalized spacial score (nSPS) is 11.8. The number of aromatic amines is 1. The largest absolute Gasteiger partial charge is 0.506 e. The molecule has 4 aromatic rings. The molecule has 36 heavy (non-hydrogen) atoms. The van der Waals surface area contributed by atoms with E-state index < -0.39 is 5.97 Å². The Morgan fingerprint density at radius 1 is 1.00 bits per heavy atom. The zero-order valence-electron chi connectivity index (χ0n) is 20.4. The smallest absolute Gasteiger partial charge is 0.354 e. The molecule has 1 unspecified atom stereocenters. The predicted molar refractivity (Wildman–Crippen MR) is 139 cm³/mol. The number of aromatic nitrogens is 1. The molecule has 3 N–H and O–H groups in total. The summed E-state index contributed by atoms with van der Waals surface area (Å²) in [5, 5.41) is 13.9. The van der Waals surface area contributed by atoms with Gasteiger partial charge in [0.15, 0.2) is 5.78 Å². The molecular weight excluding hydrogens is 456 g/mol. The van der Waals surface area contributed by atoms with Crippen LogP contribution in [0.25, 0.3) is 10.9 Å². The van der Waals surface area contributed by atoms with Crippen molar-refractivity contribution in [1.29, 1.82) is 0 Å². The minimum atomic E-state index is -0.533. The number of phenolic OH excluding ortho intramolecular Hbond substituents is 1. The van der Waals surface area contributed by atoms with Crippen LogP contribution in [0.3, 0.4) is 0 Å². The fraction of sp³-hybridized carbons (Fsp3) is 0.241. The van der Waals surface area contributed by atoms with Gasteiger partial charge in [0.05, 0.1) is 18.7 Å². The van der Waals surface area contributed by atoms with E-state index in [9.17, 15) is 14.7 Å². The number of hydrogen-bond donors (Lipinski definition) is 3. The molecule has 4 rings (SSSR count). The first-order valence-corrected chi connectivity index (χ1v) is 12.0. The summed E-state index contributed by atoms with van der Waals surface area (Å²) in [6, 6.07) is 22.6. The highest BCUT2D eigenvalue weighted by atomic mass is 16.5. The Labute approximate surface area is 210 Å². The zero-order chi connectivity index (χ0) is 25.5. The lowest BCUT2D eigenvalue weighted by Gasteiger charge is -2.14. The fourth-order valence-corrected chi connectivity index (χ4v) is 4.02. The number of fused-ring (bicyclic) bond motifs is 1. The maximum Gasteiger partial charge on any atom is 0.354 e. The number of carbonyl (C=O) groups is 2. The topological polar surface area (TPSA) is 101 Å². The Morgan fingerprint density at radius 2 is 1.75 bits per heavy atom. The van der Waals surface area contributed by atoms with Crippen LogP contribution >= 0.6 is 0 Å². The number of carbonyl (C=O) groups excluding carboxylic acids is 2. The van der Waals surface area contributed by atoms with Crippen molar-refractivity contribution in [2.24, 2.45) is 0 Å². The van der Waals surface area contributed by atoms with Crippen molar-refractivity contribution in [3.8, 4) is 11.5 Å². The number of esters is 1. The number of ketones is 1. The van der Waals surface area contributed by atoms with Gasteiger partial charge in [0, 0.05) is 17.0 Å². The molecule has 0 fully saturated rings. The Hall–Kier alpha value is -4.10. The van der Waals surface area contributed by atoms with Crippen LogP contribution in [0.15, 0.2) is 72.8 Å². The number of nitrogens with one attached hydrogen (secondary N) is 2. The minimum Gasteiger partial charge on any atom is -0.506 e. The summed E-state index contributed by atoms with van der Waals surface area (Å²) >= 11 is 0. The molecule has 0 aliphatic carbocycles. The lowest BCUT2D eigenvalue weighted by atomic mass is 10.0. The van der Waals surface area contributed by atoms with Crippen molar-refractivity contribution >= 4 is 22.7 Å². The van der Waals surface area contributed by atoms with Crippen LogP contribution in [0.1, 0.15) is 45.8 Å². The molecule has 3 aromatic carbocycles. The second kappa shape index (κ2) is 11.6. The average Bonchev–Trinajstić information content (AvgIpc) is 3.35. The Morgan fingerprint density at radius 3 is 2.47 bits per heavy atom. The minimum absolute atomic E-state index is 0.0328. The van der Waals surface area contributed by atoms with Crippen LogP contribution < -0.4 is 10.1 Å². The molecule has 186 valence electrons. The van der Waals surface area contributed by atoms with Gasteiger partial charge in [-0.1, -0.05) is 42.5 Å². The lowest BCUT2D eigenvalue weighted by molar-refractivity contribution is 0.0520. The van der Waals surface area contributed by atoms with Crippen molar-refractivity contribution in [2.75, 3.05) is 13.2 Å². The van der Waals surface area contributed by atoms with Crippen LogP contribution in [-0.2, 0) is 17.8 Å². The summed E-state index contributed by atoms with van der Waals surface area (Å²) in [6.45, 7) is 4.62. The van der Waals surface area contributed by atoms with Gasteiger partial charge >= 0.3 is 5.97 Å². The first kappa shape index (κ1) is 25.0. The van der Waals surface area contributed by atoms with Gasteiger partial charge in [-0.15, -0.1) is 0 Å². The number of rotatable bonds is 11. The predicted octanol–water partition coefficient (Wildman–Crippen LogP) is 5.03. The van der Waals surface area contributed by atoms with Crippen LogP contribution in [0.4, 0.5) is 0 Å². The Bertz CT molecular complexity index is 1330. The molecule has 1 atom stereocenters. The summed E-state index contributed by atoms with van der Waals surface area (Å²) < 4.78 is 10.9. The van der Waals surface area contributed by atoms with Crippen LogP contribution in [-0.4, -0.2) is 41.0 Å². The number of Topliss-reactive ketones (excluding diaryl/α,β-unsaturated/α-hetero) is 1. The fourth-order valence-electron chi connectivity index (χ4n) is 4.02. The van der Waals surface area contributed by atoms with Crippen molar-refractivity contribution in [1.82, 2.24) is 10.3 Å². The van der Waals surface area contributed by atoms with Gasteiger partial charge in [-0.3, -0.25) is 4.79 Å². The SMILES string of the molecule is CCOC(=O)c1cc2c(C(=O)CNC(C)Cc3ccc(OCc4ccccc4)cc3)ccc(O)c2[nH]1. The van der Waals surface area contributed by atoms with E-state index in [4.69, 9.17) is 9.47 Å². The van der Waals surface area contributed by atoms with Gasteiger partial charge in [-0.05, 0) is 61.7 Å². The number of benzene rings is 3. The highest BCUT2D eigenvalue weighted by Gasteiger charge is 2.18. The third-order valence-corrected chi connectivity index (χ3v) is 5.89. The van der Waals surface area contributed by atoms with Gasteiger partial charge in [0.1, 0.15) is 23.8 Å². The van der Waals surface area contributed by atoms with Crippen molar-refractivity contribution in [3.63, 3.8) is 0 Å². The monoisotopic (exact) mass is 486 g/mol. The standard InChI is InChI=1S/C29H30N2O5/c1-3-35-29(34)25-16-24-23(13-14-26(32)28(24)31-25)27(33)17-30-19(2)15-20-9-11-22(12-10-20)36-18-21-7-5-4-6-8-21/h4-14,16,19,30-32H,3,15,17-18H2,1-2H3. The van der Waals surface area contributed by atoms with E-state index in [1.807, 2.05) is 61.5 Å². The summed E-state index contributed by atoms with van der Waals surface area (Å²) in [6.07, 6.45) is 0.744. The molecule has 0 aliphatic rings. The third-order valence-electron chi connectivity index (χ3n) is 5.89. The Balaban J connectivity index is 1.33. The first-order valence-electron chi connectivity index (χ1n) is 12.0. The second-order valence-electron chi connectivity index (χ2n) is 8.65. The van der Waals surface area contributed by atoms with E-state index in [-0.39, 0.29) is 36.4 Å². The van der Waals surface area contributed by atoms with Crippen molar-refractivity contribution in [2.45, 2.75) is 32.9 Å². The number of phenols is 1. The molecular formula is C29H30N2O5. The van der Waals surface area contributed by atoms with Gasteiger partial charge in [-0.2, -0.15) is 0 Å². The van der Waals surface area contributed by atoms with E-state index in [2.05, 4.69) is 10.3 Å². The molecule has 0 spiro atoms. The van der Waals surface area contributed by atoms with E-state index in [0.717, 1.165) is 23.3 Å². The molecule has 7 heteroatoms. The summed E-state index contributed by atoms with van der Waals surface area (Å²) in [5.74, 6) is 0.110. The molecule has 0 aliphatic heterocycles. The van der Waals surface area contributed by atoms with Gasteiger partial charge in [-0.25, -0.2) is 4.79 Å². The van der Waals surface area contributed by atoms with Gasteiger partial charge < -0.3 is 24.9 Å². The lowest BCUT2D eigenvalue weighted by Crippen LogP contribution is -2.33. The number of ether oxygens (including phenoxy) is 2. The van der Waals surface area contributed by atoms with Crippen LogP contribution in [0.5, 0.6) is 11.5 Å². The molecule has 1 heterocycles. The zero-order valence-corrected chi connectivity index (χ0v) is 20.4. The second-order valence-corrected chi connectivity index (χ2v) is 8.65. The highest BCUT2D eigenvalue weighted by Crippen LogP contribution is 2.28. The van der Waals surface area contributed by atoms with E-state index in [1.165, 1.54) is 6.07 Å². The molecule has 7 nitrogen and oxygen atoms in total. The van der Waals surface area contributed by atoms with Crippen LogP contribution in [0.2, 0.25) is 0 Å². The Kier molecular flexibility index (Phi) is 8.02. The van der Waals surface area contributed by atoms with Gasteiger partial charge in [0.2, 0.25) is 0 Å². The van der Waals surface area contributed by atoms with E-state index in [0.29, 0.717) is 23.1 Å². The van der Waals surface area contributed by atoms with Crippen molar-refractivity contribution < 1.29 is 24.2 Å². The van der Waals surface area contributed by atoms with E-state index in [1.54, 1.807) is 19.1 Å². The summed E-state index contributed by atoms with van der Waals surface area (Å²) in [4.78, 5) is 27.9. The summed E-state index contributed by atoms with van der Waals surface area (Å²) in [7, 11) is 0. The maximum absolute atomic E-state index is 13.0. The average molecular weight is 487 g/mol. The highest BCUT2D eigenvalue weighted by molar-refractivity contribution is 6.11. The summed E-state index contributed by atoms with van der Waals surface area (Å²) in [5.41, 5.74) is 3.21. The molecule has 1 aromatic heterocycles. The molecule has 0 saturated heterocycles. The third kappa shape index (κ3) is 6.12.